The van der Waals surface area contributed by atoms with Crippen LogP contribution in [0, 0.1) is 0 Å². The number of nitrogens with one attached hydrogen (secondary N) is 1. The highest BCUT2D eigenvalue weighted by Gasteiger charge is 2.37. The number of alkyl halides is 1. The van der Waals surface area contributed by atoms with Crippen LogP contribution in [0.4, 0.5) is 0 Å². The van der Waals surface area contributed by atoms with Crippen molar-refractivity contribution in [3.05, 3.63) is 35.4 Å². The molecule has 5 heteroatoms. The maximum absolute atomic E-state index is 12.4. The standard InChI is InChI=1S/C14H18BrNO2S/c15-13-9-10-5-1-4-8-12(10)14(13)16-19(17,18)11-6-2-3-7-11/h1,4-5,8,11,13-14,16H,2-3,6-7,9H2. The summed E-state index contributed by atoms with van der Waals surface area (Å²) < 4.78 is 27.8. The first-order valence-electron chi connectivity index (χ1n) is 6.81. The molecule has 0 heterocycles. The number of sulfonamides is 1. The number of fused-ring (bicyclic) bond motifs is 1. The number of halogens is 1. The van der Waals surface area contributed by atoms with Crippen molar-refractivity contribution in [2.75, 3.05) is 0 Å². The van der Waals surface area contributed by atoms with E-state index in [4.69, 9.17) is 0 Å². The molecule has 104 valence electrons. The van der Waals surface area contributed by atoms with Gasteiger partial charge >= 0.3 is 0 Å². The second kappa shape index (κ2) is 5.19. The fourth-order valence-corrected chi connectivity index (χ4v) is 5.89. The van der Waals surface area contributed by atoms with Gasteiger partial charge in [-0.3, -0.25) is 0 Å². The minimum atomic E-state index is -3.20. The van der Waals surface area contributed by atoms with E-state index in [1.54, 1.807) is 0 Å². The molecule has 2 unspecified atom stereocenters. The van der Waals surface area contributed by atoms with E-state index in [2.05, 4.69) is 26.7 Å². The average molecular weight is 344 g/mol. The van der Waals surface area contributed by atoms with Gasteiger partial charge in [0.15, 0.2) is 0 Å². The van der Waals surface area contributed by atoms with Gasteiger partial charge in [-0.05, 0) is 30.4 Å². The van der Waals surface area contributed by atoms with Crippen molar-refractivity contribution in [1.82, 2.24) is 4.72 Å². The number of rotatable bonds is 3. The average Bonchev–Trinajstić information content (AvgIpc) is 2.99. The molecule has 1 fully saturated rings. The molecule has 2 aliphatic carbocycles. The zero-order valence-electron chi connectivity index (χ0n) is 10.7. The quantitative estimate of drug-likeness (QED) is 0.857. The predicted molar refractivity (Wildman–Crippen MR) is 79.9 cm³/mol. The molecular formula is C14H18BrNO2S. The van der Waals surface area contributed by atoms with Crippen LogP contribution < -0.4 is 4.72 Å². The van der Waals surface area contributed by atoms with Gasteiger partial charge in [-0.1, -0.05) is 53.0 Å². The maximum Gasteiger partial charge on any atom is 0.215 e. The molecule has 1 N–H and O–H groups in total. The van der Waals surface area contributed by atoms with Crippen molar-refractivity contribution >= 4 is 26.0 Å². The Morgan fingerprint density at radius 2 is 1.84 bits per heavy atom. The molecule has 0 aromatic heterocycles. The summed E-state index contributed by atoms with van der Waals surface area (Å²) in [6, 6.07) is 7.96. The van der Waals surface area contributed by atoms with E-state index in [1.807, 2.05) is 18.2 Å². The van der Waals surface area contributed by atoms with E-state index in [1.165, 1.54) is 5.56 Å². The van der Waals surface area contributed by atoms with E-state index >= 15 is 0 Å². The minimum absolute atomic E-state index is 0.123. The molecule has 1 saturated carbocycles. The first kappa shape index (κ1) is 13.6. The van der Waals surface area contributed by atoms with E-state index < -0.39 is 10.0 Å². The summed E-state index contributed by atoms with van der Waals surface area (Å²) in [6.07, 6.45) is 4.55. The lowest BCUT2D eigenvalue weighted by Crippen LogP contribution is -2.37. The molecule has 0 saturated heterocycles. The summed E-state index contributed by atoms with van der Waals surface area (Å²) in [5.41, 5.74) is 2.36. The minimum Gasteiger partial charge on any atom is -0.212 e. The van der Waals surface area contributed by atoms with Crippen molar-refractivity contribution in [2.24, 2.45) is 0 Å². The predicted octanol–water partition coefficient (Wildman–Crippen LogP) is 2.91. The van der Waals surface area contributed by atoms with Crippen molar-refractivity contribution < 1.29 is 8.42 Å². The summed E-state index contributed by atoms with van der Waals surface area (Å²) in [5, 5.41) is -0.194. The lowest BCUT2D eigenvalue weighted by Gasteiger charge is -2.20. The van der Waals surface area contributed by atoms with Crippen LogP contribution in [0.1, 0.15) is 42.9 Å². The SMILES string of the molecule is O=S(=O)(NC1c2ccccc2CC1Br)C1CCCC1. The molecule has 1 aromatic carbocycles. The van der Waals surface area contributed by atoms with Crippen LogP contribution >= 0.6 is 15.9 Å². The monoisotopic (exact) mass is 343 g/mol. The molecule has 0 amide bonds. The second-order valence-electron chi connectivity index (χ2n) is 5.47. The Balaban J connectivity index is 1.83. The van der Waals surface area contributed by atoms with Gasteiger partial charge in [0, 0.05) is 4.83 Å². The largest absolute Gasteiger partial charge is 0.215 e. The zero-order chi connectivity index (χ0) is 13.5. The van der Waals surface area contributed by atoms with Crippen LogP contribution in [-0.4, -0.2) is 18.5 Å². The van der Waals surface area contributed by atoms with E-state index in [-0.39, 0.29) is 16.1 Å². The number of hydrogen-bond donors (Lipinski definition) is 1. The first-order valence-corrected chi connectivity index (χ1v) is 9.27. The summed E-state index contributed by atoms with van der Waals surface area (Å²) >= 11 is 3.62. The van der Waals surface area contributed by atoms with Crippen molar-refractivity contribution in [3.8, 4) is 0 Å². The third-order valence-electron chi connectivity index (χ3n) is 4.20. The fraction of sp³-hybridized carbons (Fsp3) is 0.571. The van der Waals surface area contributed by atoms with Crippen LogP contribution in [0.3, 0.4) is 0 Å². The van der Waals surface area contributed by atoms with Gasteiger partial charge in [0.2, 0.25) is 10.0 Å². The van der Waals surface area contributed by atoms with Crippen LogP contribution in [0.5, 0.6) is 0 Å². The highest BCUT2D eigenvalue weighted by Crippen LogP contribution is 2.37. The Bertz CT molecular complexity index is 567. The van der Waals surface area contributed by atoms with Crippen LogP contribution in [0.15, 0.2) is 24.3 Å². The molecule has 2 atom stereocenters. The third kappa shape index (κ3) is 2.60. The Labute approximate surface area is 123 Å². The van der Waals surface area contributed by atoms with Crippen LogP contribution in [0.25, 0.3) is 0 Å². The molecule has 0 bridgehead atoms. The Kier molecular flexibility index (Phi) is 3.71. The Morgan fingerprint density at radius 3 is 2.58 bits per heavy atom. The van der Waals surface area contributed by atoms with Gasteiger partial charge in [0.1, 0.15) is 0 Å². The molecule has 0 radical (unpaired) electrons. The smallest absolute Gasteiger partial charge is 0.212 e. The summed E-state index contributed by atoms with van der Waals surface area (Å²) in [6.45, 7) is 0. The highest BCUT2D eigenvalue weighted by molar-refractivity contribution is 9.09. The molecule has 19 heavy (non-hydrogen) atoms. The van der Waals surface area contributed by atoms with Gasteiger partial charge in [0.25, 0.3) is 0 Å². The molecule has 3 nitrogen and oxygen atoms in total. The lowest BCUT2D eigenvalue weighted by atomic mass is 10.1. The molecule has 1 aromatic rings. The van der Waals surface area contributed by atoms with Crippen molar-refractivity contribution in [3.63, 3.8) is 0 Å². The molecule has 3 rings (SSSR count). The van der Waals surface area contributed by atoms with Gasteiger partial charge in [-0.2, -0.15) is 0 Å². The van der Waals surface area contributed by atoms with E-state index in [9.17, 15) is 8.42 Å². The third-order valence-corrected chi connectivity index (χ3v) is 6.98. The molecule has 0 aliphatic heterocycles. The van der Waals surface area contributed by atoms with Gasteiger partial charge < -0.3 is 0 Å². The van der Waals surface area contributed by atoms with Crippen LogP contribution in [0.2, 0.25) is 0 Å². The molecular weight excluding hydrogens is 326 g/mol. The zero-order valence-corrected chi connectivity index (χ0v) is 13.1. The summed E-state index contributed by atoms with van der Waals surface area (Å²) in [5.74, 6) is 0. The molecule has 2 aliphatic rings. The Hall–Kier alpha value is -0.390. The summed E-state index contributed by atoms with van der Waals surface area (Å²) in [4.78, 5) is 0.154. The van der Waals surface area contributed by atoms with E-state index in [0.29, 0.717) is 0 Å². The van der Waals surface area contributed by atoms with Crippen molar-refractivity contribution in [2.45, 2.75) is 48.2 Å². The second-order valence-corrected chi connectivity index (χ2v) is 8.63. The first-order chi connectivity index (χ1) is 9.08. The summed E-state index contributed by atoms with van der Waals surface area (Å²) in [7, 11) is -3.20. The topological polar surface area (TPSA) is 46.2 Å². The van der Waals surface area contributed by atoms with Crippen LogP contribution in [-0.2, 0) is 16.4 Å². The normalized spacial score (nSPS) is 27.6. The van der Waals surface area contributed by atoms with Gasteiger partial charge in [-0.25, -0.2) is 13.1 Å². The fourth-order valence-electron chi connectivity index (χ4n) is 3.16. The Morgan fingerprint density at radius 1 is 1.16 bits per heavy atom. The number of hydrogen-bond acceptors (Lipinski definition) is 2. The van der Waals surface area contributed by atoms with Crippen molar-refractivity contribution in [1.29, 1.82) is 0 Å². The van der Waals surface area contributed by atoms with Gasteiger partial charge in [0.05, 0.1) is 11.3 Å². The molecule has 0 spiro atoms. The van der Waals surface area contributed by atoms with Gasteiger partial charge in [-0.15, -0.1) is 0 Å². The highest BCUT2D eigenvalue weighted by atomic mass is 79.9. The maximum atomic E-state index is 12.4. The number of benzene rings is 1. The van der Waals surface area contributed by atoms with E-state index in [0.717, 1.165) is 37.7 Å². The lowest BCUT2D eigenvalue weighted by molar-refractivity contribution is 0.544.